The molecule has 0 saturated heterocycles. The molecule has 0 amide bonds. The number of hydrogen-bond acceptors (Lipinski definition) is 0. The molecule has 1 aliphatic rings. The molecule has 0 aliphatic heterocycles. The predicted octanol–water partition coefficient (Wildman–Crippen LogP) is 15.2. The summed E-state index contributed by atoms with van der Waals surface area (Å²) in [6.07, 6.45) is 6.08. The molecule has 0 fully saturated rings. The van der Waals surface area contributed by atoms with E-state index in [0.29, 0.717) is 5.92 Å². The number of benzene rings is 9. The SMILES string of the molecule is CCC1C(c2ccccc2)=CC(c2ccc3c(c2)c2ccccc2c2cccc(-c4ccc5c6ccccc6n(-c6ccccc6)c5c4)c23)=CC1c1ccccc1. The molecule has 270 valence electrons. The Bertz CT molecular complexity index is 3200. The molecule has 0 bridgehead atoms. The highest BCUT2D eigenvalue weighted by atomic mass is 15.0. The van der Waals surface area contributed by atoms with E-state index in [4.69, 9.17) is 0 Å². The quantitative estimate of drug-likeness (QED) is 0.150. The molecule has 1 aromatic heterocycles. The highest BCUT2D eigenvalue weighted by Gasteiger charge is 2.29. The predicted molar refractivity (Wildman–Crippen MR) is 244 cm³/mol. The van der Waals surface area contributed by atoms with E-state index < -0.39 is 0 Å². The summed E-state index contributed by atoms with van der Waals surface area (Å²) in [5, 5.41) is 10.2. The molecule has 1 aliphatic carbocycles. The maximum absolute atomic E-state index is 2.53. The van der Waals surface area contributed by atoms with Gasteiger partial charge in [0, 0.05) is 22.4 Å². The van der Waals surface area contributed by atoms with Crippen molar-refractivity contribution in [2.75, 3.05) is 0 Å². The smallest absolute Gasteiger partial charge is 0.0547 e. The molecule has 57 heavy (non-hydrogen) atoms. The second-order valence-corrected chi connectivity index (χ2v) is 15.5. The normalized spacial score (nSPS) is 15.7. The van der Waals surface area contributed by atoms with Crippen LogP contribution in [0.25, 0.3) is 82.1 Å². The zero-order valence-electron chi connectivity index (χ0n) is 31.9. The lowest BCUT2D eigenvalue weighted by Crippen LogP contribution is -2.16. The van der Waals surface area contributed by atoms with E-state index >= 15 is 0 Å². The Hall–Kier alpha value is -6.96. The summed E-state index contributed by atoms with van der Waals surface area (Å²) in [5.74, 6) is 0.674. The third kappa shape index (κ3) is 5.46. The van der Waals surface area contributed by atoms with Gasteiger partial charge in [0.05, 0.1) is 11.0 Å². The van der Waals surface area contributed by atoms with Gasteiger partial charge in [0.1, 0.15) is 0 Å². The van der Waals surface area contributed by atoms with Crippen LogP contribution < -0.4 is 0 Å². The van der Waals surface area contributed by atoms with E-state index in [-0.39, 0.29) is 5.92 Å². The third-order valence-electron chi connectivity index (χ3n) is 12.4. The van der Waals surface area contributed by atoms with Crippen LogP contribution >= 0.6 is 0 Å². The number of fused-ring (bicyclic) bond motifs is 9. The van der Waals surface area contributed by atoms with Crippen molar-refractivity contribution in [2.24, 2.45) is 5.92 Å². The van der Waals surface area contributed by atoms with Crippen molar-refractivity contribution in [1.82, 2.24) is 4.57 Å². The van der Waals surface area contributed by atoms with Gasteiger partial charge in [0.15, 0.2) is 0 Å². The Morgan fingerprint density at radius 1 is 0.439 bits per heavy atom. The van der Waals surface area contributed by atoms with Crippen LogP contribution in [0.15, 0.2) is 206 Å². The monoisotopic (exact) mass is 727 g/mol. The van der Waals surface area contributed by atoms with Gasteiger partial charge in [0.25, 0.3) is 0 Å². The van der Waals surface area contributed by atoms with Gasteiger partial charge in [-0.05, 0) is 114 Å². The highest BCUT2D eigenvalue weighted by Crippen LogP contribution is 2.47. The Labute approximate surface area is 333 Å². The van der Waals surface area contributed by atoms with Crippen LogP contribution in [0.2, 0.25) is 0 Å². The van der Waals surface area contributed by atoms with Gasteiger partial charge in [0.2, 0.25) is 0 Å². The minimum atomic E-state index is 0.281. The van der Waals surface area contributed by atoms with Gasteiger partial charge in [-0.3, -0.25) is 0 Å². The topological polar surface area (TPSA) is 4.93 Å². The van der Waals surface area contributed by atoms with Gasteiger partial charge >= 0.3 is 0 Å². The number of rotatable bonds is 6. The fourth-order valence-electron chi connectivity index (χ4n) is 9.83. The molecule has 1 nitrogen and oxygen atoms in total. The summed E-state index contributed by atoms with van der Waals surface area (Å²) >= 11 is 0. The van der Waals surface area contributed by atoms with Crippen molar-refractivity contribution >= 4 is 65.3 Å². The molecule has 0 spiro atoms. The van der Waals surface area contributed by atoms with Crippen LogP contribution in [-0.2, 0) is 0 Å². The van der Waals surface area contributed by atoms with Crippen molar-refractivity contribution in [2.45, 2.75) is 19.3 Å². The van der Waals surface area contributed by atoms with Crippen LogP contribution in [0.5, 0.6) is 0 Å². The van der Waals surface area contributed by atoms with Gasteiger partial charge in [-0.2, -0.15) is 0 Å². The molecular formula is C56H41N. The first kappa shape index (κ1) is 33.4. The average Bonchev–Trinajstić information content (AvgIpc) is 3.62. The Morgan fingerprint density at radius 2 is 1.04 bits per heavy atom. The maximum Gasteiger partial charge on any atom is 0.0547 e. The Kier molecular flexibility index (Phi) is 8.00. The van der Waals surface area contributed by atoms with Gasteiger partial charge in [-0.15, -0.1) is 0 Å². The molecule has 11 rings (SSSR count). The zero-order valence-corrected chi connectivity index (χ0v) is 31.9. The van der Waals surface area contributed by atoms with Crippen LogP contribution in [0.4, 0.5) is 0 Å². The molecule has 0 saturated carbocycles. The molecule has 2 unspecified atom stereocenters. The van der Waals surface area contributed by atoms with E-state index in [1.807, 2.05) is 0 Å². The van der Waals surface area contributed by atoms with E-state index in [0.717, 1.165) is 6.42 Å². The Balaban J connectivity index is 1.15. The molecule has 2 atom stereocenters. The molecule has 1 heteroatoms. The van der Waals surface area contributed by atoms with E-state index in [2.05, 4.69) is 218 Å². The van der Waals surface area contributed by atoms with Crippen LogP contribution in [0.3, 0.4) is 0 Å². The van der Waals surface area contributed by atoms with Crippen molar-refractivity contribution in [1.29, 1.82) is 0 Å². The van der Waals surface area contributed by atoms with E-state index in [9.17, 15) is 0 Å². The highest BCUT2D eigenvalue weighted by molar-refractivity contribution is 6.29. The molecule has 0 radical (unpaired) electrons. The number of para-hydroxylation sites is 2. The third-order valence-corrected chi connectivity index (χ3v) is 12.4. The second-order valence-electron chi connectivity index (χ2n) is 15.5. The first-order valence-electron chi connectivity index (χ1n) is 20.3. The largest absolute Gasteiger partial charge is 0.309 e. The standard InChI is InChI=1S/C56H41N/c1-2-43-51(37-17-6-3-7-18-37)34-41(35-52(43)38-19-8-4-9-20-38)39-29-32-50-53(33-39)46-24-13-12-23-45(46)49-27-16-26-44(56(49)50)40-30-31-48-47-25-14-15-28-54(47)57(55(48)36-40)42-21-10-5-11-22-42/h3-36,43,51H,2H2,1H3. The van der Waals surface area contributed by atoms with Crippen LogP contribution in [0, 0.1) is 5.92 Å². The summed E-state index contributed by atoms with van der Waals surface area (Å²) < 4.78 is 2.42. The molecule has 0 N–H and O–H groups in total. The lowest BCUT2D eigenvalue weighted by atomic mass is 9.72. The molecule has 9 aromatic carbocycles. The van der Waals surface area contributed by atoms with Crippen molar-refractivity contribution < 1.29 is 0 Å². The first-order valence-corrected chi connectivity index (χ1v) is 20.3. The Morgan fingerprint density at radius 3 is 1.81 bits per heavy atom. The minimum absolute atomic E-state index is 0.281. The number of allylic oxidation sites excluding steroid dienone is 4. The molecule has 1 heterocycles. The zero-order chi connectivity index (χ0) is 37.9. The average molecular weight is 728 g/mol. The summed E-state index contributed by atoms with van der Waals surface area (Å²) in [7, 11) is 0. The van der Waals surface area contributed by atoms with Crippen LogP contribution in [0.1, 0.15) is 36.0 Å². The van der Waals surface area contributed by atoms with Gasteiger partial charge in [-0.25, -0.2) is 0 Å². The second kappa shape index (κ2) is 13.7. The summed E-state index contributed by atoms with van der Waals surface area (Å²) in [5.41, 5.74) is 12.7. The maximum atomic E-state index is 2.53. The van der Waals surface area contributed by atoms with Gasteiger partial charge < -0.3 is 4.57 Å². The number of nitrogens with zero attached hydrogens (tertiary/aromatic N) is 1. The van der Waals surface area contributed by atoms with Crippen LogP contribution in [-0.4, -0.2) is 4.57 Å². The van der Waals surface area contributed by atoms with Crippen molar-refractivity contribution in [3.8, 4) is 16.8 Å². The summed E-state index contributed by atoms with van der Waals surface area (Å²) in [6, 6.07) is 71.7. The fraction of sp³-hybridized carbons (Fsp3) is 0.0714. The summed E-state index contributed by atoms with van der Waals surface area (Å²) in [6.45, 7) is 2.33. The molecule has 10 aromatic rings. The first-order chi connectivity index (χ1) is 28.2. The summed E-state index contributed by atoms with van der Waals surface area (Å²) in [4.78, 5) is 0. The fourth-order valence-corrected chi connectivity index (χ4v) is 9.83. The van der Waals surface area contributed by atoms with E-state index in [1.165, 1.54) is 98.8 Å². The lowest BCUT2D eigenvalue weighted by Gasteiger charge is -2.32. The minimum Gasteiger partial charge on any atom is -0.309 e. The van der Waals surface area contributed by atoms with Crippen molar-refractivity contribution in [3.05, 3.63) is 223 Å². The van der Waals surface area contributed by atoms with E-state index in [1.54, 1.807) is 0 Å². The lowest BCUT2D eigenvalue weighted by molar-refractivity contribution is 0.577. The van der Waals surface area contributed by atoms with Gasteiger partial charge in [-0.1, -0.05) is 183 Å². The number of aromatic nitrogens is 1. The van der Waals surface area contributed by atoms with Crippen molar-refractivity contribution in [3.63, 3.8) is 0 Å². The molecular weight excluding hydrogens is 687 g/mol. The number of hydrogen-bond donors (Lipinski definition) is 0.